The van der Waals surface area contributed by atoms with Crippen molar-refractivity contribution >= 4 is 50.3 Å². The Labute approximate surface area is 197 Å². The van der Waals surface area contributed by atoms with Crippen LogP contribution in [0.2, 0.25) is 0 Å². The second-order valence-electron chi connectivity index (χ2n) is 7.86. The van der Waals surface area contributed by atoms with Gasteiger partial charge in [0.25, 0.3) is 5.56 Å². The van der Waals surface area contributed by atoms with Gasteiger partial charge in [-0.25, -0.2) is 9.67 Å². The highest BCUT2D eigenvalue weighted by Crippen LogP contribution is 2.33. The summed E-state index contributed by atoms with van der Waals surface area (Å²) >= 11 is 4.90. The predicted molar refractivity (Wildman–Crippen MR) is 130 cm³/mol. The average Bonchev–Trinajstić information content (AvgIpc) is 3.35. The molecule has 1 aliphatic rings. The molecule has 0 radical (unpaired) electrons. The van der Waals surface area contributed by atoms with Gasteiger partial charge in [-0.1, -0.05) is 39.8 Å². The van der Waals surface area contributed by atoms with Gasteiger partial charge in [0, 0.05) is 22.3 Å². The highest BCUT2D eigenvalue weighted by molar-refractivity contribution is 9.10. The highest BCUT2D eigenvalue weighted by Gasteiger charge is 2.29. The first-order valence-electron chi connectivity index (χ1n) is 10.2. The van der Waals surface area contributed by atoms with Crippen molar-refractivity contribution in [3.05, 3.63) is 74.6 Å². The fraction of sp³-hybridized carbons (Fsp3) is 0.217. The maximum atomic E-state index is 13.3. The smallest absolute Gasteiger partial charge is 0.265 e. The number of carbonyl (C=O) groups excluding carboxylic acids is 1. The number of hydrogen-bond donors (Lipinski definition) is 1. The third-order valence-electron chi connectivity index (χ3n) is 5.64. The summed E-state index contributed by atoms with van der Waals surface area (Å²) in [5.41, 5.74) is 4.30. The molecule has 1 atom stereocenters. The summed E-state index contributed by atoms with van der Waals surface area (Å²) in [6, 6.07) is 13.2. The number of nitrogens with one attached hydrogen (secondary N) is 1. The van der Waals surface area contributed by atoms with Crippen molar-refractivity contribution in [2.75, 3.05) is 11.1 Å². The number of anilines is 1. The van der Waals surface area contributed by atoms with E-state index in [9.17, 15) is 9.59 Å². The van der Waals surface area contributed by atoms with Crippen molar-refractivity contribution in [1.82, 2.24) is 19.3 Å². The Hall–Kier alpha value is -2.91. The SMILES string of the molecule is Cc1ccc(-n2ncc3c(=O)n4c(nc32)SCC4CC(=O)Nc2cccc(Br)c2)cc1C. The standard InChI is InChI=1S/C23H20BrN5O2S/c1-13-6-7-17(8-14(13)2)29-21-19(11-25-29)22(31)28-18(12-32-23(28)27-21)10-20(30)26-16-5-3-4-15(24)9-16/h3-9,11,18H,10,12H2,1-2H3,(H,26,30). The molecule has 4 aromatic rings. The average molecular weight is 510 g/mol. The second kappa shape index (κ2) is 8.22. The van der Waals surface area contributed by atoms with Gasteiger partial charge in [-0.2, -0.15) is 5.10 Å². The molecule has 5 rings (SSSR count). The third kappa shape index (κ3) is 3.75. The Morgan fingerprint density at radius 3 is 2.84 bits per heavy atom. The molecule has 0 spiro atoms. The number of thioether (sulfide) groups is 1. The molecule has 1 unspecified atom stereocenters. The lowest BCUT2D eigenvalue weighted by atomic mass is 10.1. The zero-order valence-corrected chi connectivity index (χ0v) is 19.9. The molecule has 3 heterocycles. The van der Waals surface area contributed by atoms with Gasteiger partial charge in [-0.15, -0.1) is 0 Å². The van der Waals surface area contributed by atoms with Gasteiger partial charge in [-0.3, -0.25) is 14.2 Å². The van der Waals surface area contributed by atoms with E-state index in [4.69, 9.17) is 4.98 Å². The molecular weight excluding hydrogens is 490 g/mol. The van der Waals surface area contributed by atoms with E-state index in [0.717, 1.165) is 15.7 Å². The van der Waals surface area contributed by atoms with Gasteiger partial charge in [0.05, 0.1) is 17.9 Å². The molecular formula is C23H20BrN5O2S. The lowest BCUT2D eigenvalue weighted by Gasteiger charge is -2.13. The molecule has 0 saturated heterocycles. The molecule has 2 aromatic carbocycles. The summed E-state index contributed by atoms with van der Waals surface area (Å²) in [6.07, 6.45) is 1.76. The molecule has 0 aliphatic carbocycles. The van der Waals surface area contributed by atoms with E-state index < -0.39 is 0 Å². The third-order valence-corrected chi connectivity index (χ3v) is 7.23. The van der Waals surface area contributed by atoms with Crippen LogP contribution in [0.25, 0.3) is 16.7 Å². The quantitative estimate of drug-likeness (QED) is 0.405. The topological polar surface area (TPSA) is 81.8 Å². The van der Waals surface area contributed by atoms with E-state index in [1.54, 1.807) is 15.4 Å². The molecule has 0 saturated carbocycles. The van der Waals surface area contributed by atoms with Crippen LogP contribution >= 0.6 is 27.7 Å². The van der Waals surface area contributed by atoms with E-state index >= 15 is 0 Å². The van der Waals surface area contributed by atoms with Gasteiger partial charge >= 0.3 is 0 Å². The number of fused-ring (bicyclic) bond motifs is 2. The molecule has 0 bridgehead atoms. The first kappa shape index (κ1) is 21.0. The molecule has 7 nitrogen and oxygen atoms in total. The number of carbonyl (C=O) groups is 1. The van der Waals surface area contributed by atoms with E-state index in [1.807, 2.05) is 49.4 Å². The van der Waals surface area contributed by atoms with Crippen LogP contribution in [0.15, 0.2) is 63.1 Å². The minimum atomic E-state index is -0.253. The van der Waals surface area contributed by atoms with Gasteiger partial charge in [0.15, 0.2) is 10.8 Å². The monoisotopic (exact) mass is 509 g/mol. The van der Waals surface area contributed by atoms with E-state index in [0.29, 0.717) is 27.6 Å². The van der Waals surface area contributed by atoms with Gasteiger partial charge < -0.3 is 5.32 Å². The lowest BCUT2D eigenvalue weighted by Crippen LogP contribution is -2.27. The van der Waals surface area contributed by atoms with Crippen LogP contribution in [-0.4, -0.2) is 31.0 Å². The number of halogens is 1. The van der Waals surface area contributed by atoms with Gasteiger partial charge in [-0.05, 0) is 55.3 Å². The predicted octanol–water partition coefficient (Wildman–Crippen LogP) is 4.64. The van der Waals surface area contributed by atoms with E-state index in [-0.39, 0.29) is 23.9 Å². The molecule has 0 fully saturated rings. The van der Waals surface area contributed by atoms with Crippen LogP contribution in [-0.2, 0) is 4.79 Å². The summed E-state index contributed by atoms with van der Waals surface area (Å²) < 4.78 is 4.23. The second-order valence-corrected chi connectivity index (χ2v) is 9.76. The maximum Gasteiger partial charge on any atom is 0.265 e. The minimum absolute atomic E-state index is 0.139. The van der Waals surface area contributed by atoms with Crippen molar-refractivity contribution in [3.63, 3.8) is 0 Å². The van der Waals surface area contributed by atoms with Crippen molar-refractivity contribution in [3.8, 4) is 5.69 Å². The van der Waals surface area contributed by atoms with Crippen LogP contribution in [0.3, 0.4) is 0 Å². The summed E-state index contributed by atoms with van der Waals surface area (Å²) in [4.78, 5) is 30.7. The Morgan fingerprint density at radius 1 is 1.22 bits per heavy atom. The lowest BCUT2D eigenvalue weighted by molar-refractivity contribution is -0.116. The normalized spacial score (nSPS) is 15.2. The van der Waals surface area contributed by atoms with Crippen LogP contribution in [0.4, 0.5) is 5.69 Å². The summed E-state index contributed by atoms with van der Waals surface area (Å²) in [5.74, 6) is 0.483. The first-order chi connectivity index (χ1) is 15.4. The largest absolute Gasteiger partial charge is 0.326 e. The van der Waals surface area contributed by atoms with E-state index in [2.05, 4.69) is 33.3 Å². The number of benzene rings is 2. The number of amides is 1. The van der Waals surface area contributed by atoms with Crippen molar-refractivity contribution in [2.24, 2.45) is 0 Å². The zero-order chi connectivity index (χ0) is 22.4. The molecule has 1 N–H and O–H groups in total. The molecule has 162 valence electrons. The van der Waals surface area contributed by atoms with Crippen molar-refractivity contribution in [1.29, 1.82) is 0 Å². The van der Waals surface area contributed by atoms with Crippen LogP contribution < -0.4 is 10.9 Å². The van der Waals surface area contributed by atoms with Crippen LogP contribution in [0.1, 0.15) is 23.6 Å². The fourth-order valence-corrected chi connectivity index (χ4v) is 5.35. The number of aryl methyl sites for hydroxylation is 2. The van der Waals surface area contributed by atoms with Crippen LogP contribution in [0, 0.1) is 13.8 Å². The van der Waals surface area contributed by atoms with Crippen molar-refractivity contribution in [2.45, 2.75) is 31.5 Å². The fourth-order valence-electron chi connectivity index (χ4n) is 3.82. The Balaban J connectivity index is 1.46. The van der Waals surface area contributed by atoms with Gasteiger partial charge in [0.2, 0.25) is 5.91 Å². The first-order valence-corrected chi connectivity index (χ1v) is 11.9. The number of nitrogens with zero attached hydrogens (tertiary/aromatic N) is 4. The number of rotatable bonds is 4. The number of aromatic nitrogens is 4. The molecule has 32 heavy (non-hydrogen) atoms. The minimum Gasteiger partial charge on any atom is -0.326 e. The summed E-state index contributed by atoms with van der Waals surface area (Å²) in [5, 5.41) is 8.41. The molecule has 1 aliphatic heterocycles. The highest BCUT2D eigenvalue weighted by atomic mass is 79.9. The molecule has 2 aromatic heterocycles. The van der Waals surface area contributed by atoms with Gasteiger partial charge in [0.1, 0.15) is 5.39 Å². The maximum absolute atomic E-state index is 13.3. The van der Waals surface area contributed by atoms with Crippen LogP contribution in [0.5, 0.6) is 0 Å². The molecule has 1 amide bonds. The Morgan fingerprint density at radius 2 is 2.06 bits per heavy atom. The Kier molecular flexibility index (Phi) is 5.38. The summed E-state index contributed by atoms with van der Waals surface area (Å²) in [7, 11) is 0. The summed E-state index contributed by atoms with van der Waals surface area (Å²) in [6.45, 7) is 4.10. The zero-order valence-electron chi connectivity index (χ0n) is 17.5. The van der Waals surface area contributed by atoms with E-state index in [1.165, 1.54) is 17.3 Å². The number of hydrogen-bond acceptors (Lipinski definition) is 5. The molecule has 9 heteroatoms. The van der Waals surface area contributed by atoms with Crippen molar-refractivity contribution < 1.29 is 4.79 Å². The Bertz CT molecular complexity index is 1430.